The molecule has 0 unspecified atom stereocenters. The van der Waals surface area contributed by atoms with E-state index in [0.717, 1.165) is 17.8 Å². The van der Waals surface area contributed by atoms with Crippen molar-refractivity contribution in [3.05, 3.63) is 47.1 Å². The number of aromatic nitrogens is 1. The van der Waals surface area contributed by atoms with E-state index in [-0.39, 0.29) is 0 Å². The highest BCUT2D eigenvalue weighted by molar-refractivity contribution is 6.30. The van der Waals surface area contributed by atoms with E-state index >= 15 is 0 Å². The summed E-state index contributed by atoms with van der Waals surface area (Å²) in [7, 11) is 0. The van der Waals surface area contributed by atoms with Crippen LogP contribution in [0.25, 0.3) is 0 Å². The van der Waals surface area contributed by atoms with Crippen molar-refractivity contribution in [3.63, 3.8) is 0 Å². The van der Waals surface area contributed by atoms with Crippen LogP contribution >= 0.6 is 11.6 Å². The van der Waals surface area contributed by atoms with Crippen LogP contribution in [0.1, 0.15) is 24.0 Å². The molecule has 1 saturated carbocycles. The lowest BCUT2D eigenvalue weighted by molar-refractivity contribution is 0.565. The van der Waals surface area contributed by atoms with E-state index in [4.69, 9.17) is 16.0 Å². The van der Waals surface area contributed by atoms with Crippen molar-refractivity contribution >= 4 is 17.3 Å². The Bertz CT molecular complexity index is 535. The summed E-state index contributed by atoms with van der Waals surface area (Å²) in [5.41, 5.74) is 3.35. The molecule has 2 heterocycles. The maximum absolute atomic E-state index is 5.95. The molecule has 0 atom stereocenters. The second-order valence-electron chi connectivity index (χ2n) is 4.79. The molecule has 18 heavy (non-hydrogen) atoms. The van der Waals surface area contributed by atoms with Crippen molar-refractivity contribution in [2.24, 2.45) is 0 Å². The van der Waals surface area contributed by atoms with Gasteiger partial charge in [-0.25, -0.2) is 4.98 Å². The molecular weight excluding hydrogens is 248 g/mol. The average molecular weight is 263 g/mol. The quantitative estimate of drug-likeness (QED) is 0.785. The molecule has 2 aromatic heterocycles. The van der Waals surface area contributed by atoms with Crippen LogP contribution in [0.5, 0.6) is 0 Å². The molecule has 0 N–H and O–H groups in total. The van der Waals surface area contributed by atoms with Gasteiger partial charge in [-0.15, -0.1) is 0 Å². The van der Waals surface area contributed by atoms with Gasteiger partial charge in [0.05, 0.1) is 12.0 Å². The molecule has 0 saturated heterocycles. The minimum absolute atomic E-state index is 0.583. The van der Waals surface area contributed by atoms with Crippen LogP contribution in [-0.2, 0) is 6.54 Å². The molecule has 0 bridgehead atoms. The summed E-state index contributed by atoms with van der Waals surface area (Å²) in [6.07, 6.45) is 7.88. The summed E-state index contributed by atoms with van der Waals surface area (Å²) in [5.74, 6) is 0. The van der Waals surface area contributed by atoms with Crippen molar-refractivity contribution in [2.45, 2.75) is 32.4 Å². The molecule has 3 nitrogen and oxygen atoms in total. The van der Waals surface area contributed by atoms with Gasteiger partial charge < -0.3 is 9.32 Å². The number of hydrogen-bond acceptors (Lipinski definition) is 3. The first kappa shape index (κ1) is 11.6. The van der Waals surface area contributed by atoms with Crippen molar-refractivity contribution in [2.75, 3.05) is 4.90 Å². The lowest BCUT2D eigenvalue weighted by Gasteiger charge is -2.22. The maximum atomic E-state index is 5.95. The van der Waals surface area contributed by atoms with Gasteiger partial charge in [-0.2, -0.15) is 0 Å². The summed E-state index contributed by atoms with van der Waals surface area (Å²) in [4.78, 5) is 6.58. The zero-order valence-electron chi connectivity index (χ0n) is 10.3. The predicted molar refractivity (Wildman–Crippen MR) is 71.9 cm³/mol. The van der Waals surface area contributed by atoms with E-state index in [2.05, 4.69) is 16.0 Å². The van der Waals surface area contributed by atoms with Gasteiger partial charge in [0.2, 0.25) is 0 Å². The molecular formula is C14H15ClN2O. The number of aryl methyl sites for hydroxylation is 1. The topological polar surface area (TPSA) is 29.3 Å². The average Bonchev–Trinajstić information content (AvgIpc) is 3.05. The maximum Gasteiger partial charge on any atom is 0.131 e. The second-order valence-corrected chi connectivity index (χ2v) is 5.15. The lowest BCUT2D eigenvalue weighted by Crippen LogP contribution is -2.24. The Labute approximate surface area is 111 Å². The zero-order chi connectivity index (χ0) is 12.5. The van der Waals surface area contributed by atoms with Gasteiger partial charge in [-0.05, 0) is 43.0 Å². The first-order chi connectivity index (χ1) is 8.74. The standard InChI is InChI=1S/C14H15ClN2O/c1-10-6-11(7-16-14(10)15)8-17(12-2-3-12)13-4-5-18-9-13/h4-7,9,12H,2-3,8H2,1H3. The third-order valence-electron chi connectivity index (χ3n) is 3.25. The third kappa shape index (κ3) is 2.36. The Morgan fingerprint density at radius 1 is 1.50 bits per heavy atom. The number of furan rings is 1. The Kier molecular flexibility index (Phi) is 3.00. The van der Waals surface area contributed by atoms with E-state index in [9.17, 15) is 0 Å². The van der Waals surface area contributed by atoms with E-state index in [1.807, 2.05) is 19.2 Å². The van der Waals surface area contributed by atoms with Crippen LogP contribution in [-0.4, -0.2) is 11.0 Å². The summed E-state index contributed by atoms with van der Waals surface area (Å²) >= 11 is 5.95. The van der Waals surface area contributed by atoms with E-state index in [1.54, 1.807) is 12.5 Å². The Morgan fingerprint density at radius 3 is 2.94 bits per heavy atom. The van der Waals surface area contributed by atoms with Crippen molar-refractivity contribution in [1.29, 1.82) is 0 Å². The molecule has 1 fully saturated rings. The molecule has 0 radical (unpaired) electrons. The van der Waals surface area contributed by atoms with Gasteiger partial charge >= 0.3 is 0 Å². The fraction of sp³-hybridized carbons (Fsp3) is 0.357. The Hall–Kier alpha value is -1.48. The fourth-order valence-corrected chi connectivity index (χ4v) is 2.24. The van der Waals surface area contributed by atoms with Gasteiger partial charge in [0, 0.05) is 18.8 Å². The van der Waals surface area contributed by atoms with E-state index < -0.39 is 0 Å². The number of halogens is 1. The molecule has 0 aliphatic heterocycles. The number of anilines is 1. The smallest absolute Gasteiger partial charge is 0.131 e. The molecule has 1 aliphatic rings. The van der Waals surface area contributed by atoms with Crippen molar-refractivity contribution in [1.82, 2.24) is 4.98 Å². The minimum atomic E-state index is 0.583. The van der Waals surface area contributed by atoms with Gasteiger partial charge in [0.15, 0.2) is 0 Å². The largest absolute Gasteiger partial charge is 0.470 e. The van der Waals surface area contributed by atoms with E-state index in [1.165, 1.54) is 18.4 Å². The molecule has 0 amide bonds. The van der Waals surface area contributed by atoms with Gasteiger partial charge in [-0.1, -0.05) is 11.6 Å². The van der Waals surface area contributed by atoms with Crippen LogP contribution in [0.15, 0.2) is 35.3 Å². The second kappa shape index (κ2) is 4.65. The number of pyridine rings is 1. The van der Waals surface area contributed by atoms with Crippen LogP contribution < -0.4 is 4.90 Å². The van der Waals surface area contributed by atoms with Crippen molar-refractivity contribution in [3.8, 4) is 0 Å². The first-order valence-corrected chi connectivity index (χ1v) is 6.51. The Balaban J connectivity index is 1.82. The lowest BCUT2D eigenvalue weighted by atomic mass is 10.2. The molecule has 1 aliphatic carbocycles. The normalized spacial score (nSPS) is 14.8. The molecule has 0 spiro atoms. The summed E-state index contributed by atoms with van der Waals surface area (Å²) < 4.78 is 5.18. The monoisotopic (exact) mass is 262 g/mol. The van der Waals surface area contributed by atoms with Crippen LogP contribution in [0.2, 0.25) is 5.15 Å². The summed E-state index contributed by atoms with van der Waals surface area (Å²) in [6, 6.07) is 4.75. The highest BCUT2D eigenvalue weighted by Gasteiger charge is 2.29. The minimum Gasteiger partial charge on any atom is -0.470 e. The Morgan fingerprint density at radius 2 is 2.33 bits per heavy atom. The number of hydrogen-bond donors (Lipinski definition) is 0. The third-order valence-corrected chi connectivity index (χ3v) is 3.65. The van der Waals surface area contributed by atoms with E-state index in [0.29, 0.717) is 11.2 Å². The number of rotatable bonds is 4. The highest BCUT2D eigenvalue weighted by atomic mass is 35.5. The molecule has 3 rings (SSSR count). The molecule has 0 aromatic carbocycles. The van der Waals surface area contributed by atoms with Gasteiger partial charge in [-0.3, -0.25) is 0 Å². The highest BCUT2D eigenvalue weighted by Crippen LogP contribution is 2.33. The molecule has 94 valence electrons. The first-order valence-electron chi connectivity index (χ1n) is 6.14. The summed E-state index contributed by atoms with van der Waals surface area (Å²) in [5, 5.41) is 0.583. The van der Waals surface area contributed by atoms with Crippen LogP contribution in [0.4, 0.5) is 5.69 Å². The SMILES string of the molecule is Cc1cc(CN(c2ccoc2)C2CC2)cnc1Cl. The summed E-state index contributed by atoms with van der Waals surface area (Å²) in [6.45, 7) is 2.84. The van der Waals surface area contributed by atoms with Gasteiger partial charge in [0.25, 0.3) is 0 Å². The predicted octanol–water partition coefficient (Wildman–Crippen LogP) is 3.81. The van der Waals surface area contributed by atoms with Crippen molar-refractivity contribution < 1.29 is 4.42 Å². The van der Waals surface area contributed by atoms with Crippen LogP contribution in [0.3, 0.4) is 0 Å². The molecule has 4 heteroatoms. The fourth-order valence-electron chi connectivity index (χ4n) is 2.14. The zero-order valence-corrected chi connectivity index (χ0v) is 11.0. The number of nitrogens with zero attached hydrogens (tertiary/aromatic N) is 2. The van der Waals surface area contributed by atoms with Gasteiger partial charge in [0.1, 0.15) is 11.4 Å². The van der Waals surface area contributed by atoms with Crippen LogP contribution in [0, 0.1) is 6.92 Å². The molecule has 2 aromatic rings.